The van der Waals surface area contributed by atoms with Crippen molar-refractivity contribution in [1.29, 1.82) is 0 Å². The number of carbonyl (C=O) groups is 2. The number of benzene rings is 2. The van der Waals surface area contributed by atoms with Crippen molar-refractivity contribution in [2.45, 2.75) is 72.6 Å². The number of nitrogens with one attached hydrogen (secondary N) is 1. The number of nitrogens with zero attached hydrogens (tertiary/aromatic N) is 3. The molecule has 8 nitrogen and oxygen atoms in total. The first-order chi connectivity index (χ1) is 20.3. The fourth-order valence-electron chi connectivity index (χ4n) is 5.39. The van der Waals surface area contributed by atoms with Crippen LogP contribution in [0.25, 0.3) is 16.8 Å². The summed E-state index contributed by atoms with van der Waals surface area (Å²) in [5, 5.41) is 17.3. The molecule has 1 aromatic heterocycles. The summed E-state index contributed by atoms with van der Waals surface area (Å²) in [7, 11) is 1.79. The van der Waals surface area contributed by atoms with Crippen molar-refractivity contribution in [3.05, 3.63) is 82.9 Å². The second-order valence-corrected chi connectivity index (χ2v) is 10.7. The van der Waals surface area contributed by atoms with Gasteiger partial charge >= 0.3 is 5.97 Å². The van der Waals surface area contributed by atoms with E-state index in [1.807, 2.05) is 62.1 Å². The predicted octanol–water partition coefficient (Wildman–Crippen LogP) is 6.74. The Morgan fingerprint density at radius 2 is 1.76 bits per heavy atom. The van der Waals surface area contributed by atoms with E-state index in [0.29, 0.717) is 17.0 Å². The number of likely N-dealkylation sites (tertiary alicyclic amines) is 1. The van der Waals surface area contributed by atoms with Gasteiger partial charge in [0.1, 0.15) is 5.56 Å². The monoisotopic (exact) mass is 573 g/mol. The molecule has 0 bridgehead atoms. The zero-order chi connectivity index (χ0) is 30.8. The molecule has 2 heterocycles. The fourth-order valence-corrected chi connectivity index (χ4v) is 5.39. The van der Waals surface area contributed by atoms with Crippen LogP contribution in [0, 0.1) is 12.8 Å². The van der Waals surface area contributed by atoms with Crippen molar-refractivity contribution in [2.75, 3.05) is 20.1 Å². The molecule has 1 saturated heterocycles. The zero-order valence-electron chi connectivity index (χ0n) is 26.0. The molecule has 42 heavy (non-hydrogen) atoms. The number of hydrogen-bond donors (Lipinski definition) is 3. The maximum Gasteiger partial charge on any atom is 0.339 e. The molecular formula is C34H47N5O3. The summed E-state index contributed by atoms with van der Waals surface area (Å²) >= 11 is 0. The number of aryl methyl sites for hydroxylation is 1. The average molecular weight is 574 g/mol. The molecular weight excluding hydrogens is 526 g/mol. The number of carboxylic acids is 1. The van der Waals surface area contributed by atoms with Crippen LogP contribution in [0.15, 0.2) is 60.6 Å². The molecule has 2 fully saturated rings. The van der Waals surface area contributed by atoms with Crippen molar-refractivity contribution in [3.8, 4) is 16.8 Å². The molecule has 1 amide bonds. The van der Waals surface area contributed by atoms with Gasteiger partial charge in [-0.2, -0.15) is 5.10 Å². The fraction of sp³-hybridized carbons (Fsp3) is 0.441. The van der Waals surface area contributed by atoms with Crippen molar-refractivity contribution in [3.63, 3.8) is 0 Å². The number of amides is 1. The third-order valence-electron chi connectivity index (χ3n) is 7.31. The normalized spacial score (nSPS) is 17.8. The number of carboxylic acid groups (broad SMARTS) is 1. The standard InChI is InChI=1S/C29H33N5O3.C3H8.C2H6/c1-18-11-21(19-7-6-8-20(13-19)28(35)33-9-4-3-5-10-33)14-22(12-18)34-27(25(16-32-34)29(36)37)24-15-23(24)26(30)17-31-2;1-3-2;1-2/h6-8,11-14,16-17,23-24,31H,3-5,9-10,15,30H2,1-2H3,(H,36,37);3H2,1-2H3;1-2H3/b26-17-;;/t23-,24?;;/m0../s1. The molecule has 1 aliphatic carbocycles. The van der Waals surface area contributed by atoms with Gasteiger partial charge in [-0.3, -0.25) is 4.79 Å². The molecule has 0 radical (unpaired) electrons. The lowest BCUT2D eigenvalue weighted by Gasteiger charge is -2.26. The third kappa shape index (κ3) is 7.60. The molecule has 4 N–H and O–H groups in total. The zero-order valence-corrected chi connectivity index (χ0v) is 26.0. The Kier molecular flexibility index (Phi) is 11.8. The van der Waals surface area contributed by atoms with Gasteiger partial charge in [0.15, 0.2) is 0 Å². The van der Waals surface area contributed by atoms with Gasteiger partial charge < -0.3 is 21.1 Å². The Morgan fingerprint density at radius 3 is 2.40 bits per heavy atom. The van der Waals surface area contributed by atoms with Crippen LogP contribution >= 0.6 is 0 Å². The SMILES string of the molecule is CC.CCC.CN/C=C(\N)[C@H]1CC1c1c(C(=O)O)cnn1-c1cc(C)cc(-c2cccc(C(=O)N3CCCCC3)c2)c1. The first-order valence-electron chi connectivity index (χ1n) is 15.2. The highest BCUT2D eigenvalue weighted by atomic mass is 16.4. The van der Waals surface area contributed by atoms with E-state index in [4.69, 9.17) is 5.73 Å². The Labute approximate surface area is 250 Å². The van der Waals surface area contributed by atoms with Gasteiger partial charge in [-0.05, 0) is 73.6 Å². The summed E-state index contributed by atoms with van der Waals surface area (Å²) in [4.78, 5) is 27.1. The van der Waals surface area contributed by atoms with Gasteiger partial charge in [-0.1, -0.05) is 52.3 Å². The van der Waals surface area contributed by atoms with E-state index in [9.17, 15) is 14.7 Å². The van der Waals surface area contributed by atoms with E-state index in [1.165, 1.54) is 19.0 Å². The van der Waals surface area contributed by atoms with Gasteiger partial charge in [0, 0.05) is 49.4 Å². The third-order valence-corrected chi connectivity index (χ3v) is 7.31. The minimum absolute atomic E-state index is 0.0207. The topological polar surface area (TPSA) is 113 Å². The predicted molar refractivity (Wildman–Crippen MR) is 170 cm³/mol. The van der Waals surface area contributed by atoms with Crippen molar-refractivity contribution >= 4 is 11.9 Å². The Balaban J connectivity index is 0.000000910. The number of aromatic carboxylic acids is 1. The summed E-state index contributed by atoms with van der Waals surface area (Å²) in [5.74, 6) is -0.878. The second kappa shape index (κ2) is 15.2. The summed E-state index contributed by atoms with van der Waals surface area (Å²) < 4.78 is 1.74. The number of piperidine rings is 1. The van der Waals surface area contributed by atoms with Crippen LogP contribution in [-0.4, -0.2) is 51.8 Å². The molecule has 2 atom stereocenters. The Bertz CT molecular complexity index is 1390. The first kappa shape index (κ1) is 32.4. The highest BCUT2D eigenvalue weighted by molar-refractivity contribution is 5.95. The molecule has 1 saturated carbocycles. The number of rotatable bonds is 7. The van der Waals surface area contributed by atoms with E-state index < -0.39 is 5.97 Å². The van der Waals surface area contributed by atoms with Crippen LogP contribution < -0.4 is 11.1 Å². The Morgan fingerprint density at radius 1 is 1.07 bits per heavy atom. The van der Waals surface area contributed by atoms with Gasteiger partial charge in [-0.25, -0.2) is 9.48 Å². The van der Waals surface area contributed by atoms with Crippen molar-refractivity contribution in [2.24, 2.45) is 11.7 Å². The van der Waals surface area contributed by atoms with Crippen LogP contribution in [-0.2, 0) is 0 Å². The lowest BCUT2D eigenvalue weighted by atomic mass is 9.99. The van der Waals surface area contributed by atoms with Crippen LogP contribution in [0.3, 0.4) is 0 Å². The molecule has 2 aliphatic rings. The Hall–Kier alpha value is -4.07. The van der Waals surface area contributed by atoms with Gasteiger partial charge in [0.25, 0.3) is 5.91 Å². The molecule has 1 aliphatic heterocycles. The van der Waals surface area contributed by atoms with E-state index in [-0.39, 0.29) is 23.3 Å². The van der Waals surface area contributed by atoms with Crippen LogP contribution in [0.5, 0.6) is 0 Å². The summed E-state index contributed by atoms with van der Waals surface area (Å²) in [5.41, 5.74) is 12.1. The first-order valence-corrected chi connectivity index (χ1v) is 15.2. The number of hydrogen-bond acceptors (Lipinski definition) is 5. The van der Waals surface area contributed by atoms with Crippen LogP contribution in [0.4, 0.5) is 0 Å². The number of aromatic nitrogens is 2. The highest BCUT2D eigenvalue weighted by Crippen LogP contribution is 2.51. The van der Waals surface area contributed by atoms with E-state index in [0.717, 1.165) is 54.7 Å². The van der Waals surface area contributed by atoms with Crippen LogP contribution in [0.1, 0.15) is 97.7 Å². The largest absolute Gasteiger partial charge is 0.478 e. The number of carbonyl (C=O) groups excluding carboxylic acids is 1. The average Bonchev–Trinajstić information content (AvgIpc) is 3.67. The minimum atomic E-state index is -1.00. The van der Waals surface area contributed by atoms with E-state index in [1.54, 1.807) is 17.9 Å². The highest BCUT2D eigenvalue weighted by Gasteiger charge is 2.45. The van der Waals surface area contributed by atoms with Crippen molar-refractivity contribution in [1.82, 2.24) is 20.0 Å². The number of nitrogens with two attached hydrogens (primary N) is 1. The molecule has 8 heteroatoms. The maximum absolute atomic E-state index is 13.1. The molecule has 0 spiro atoms. The molecule has 5 rings (SSSR count). The van der Waals surface area contributed by atoms with Crippen molar-refractivity contribution < 1.29 is 14.7 Å². The molecule has 1 unspecified atom stereocenters. The summed E-state index contributed by atoms with van der Waals surface area (Å²) in [6.45, 7) is 11.9. The van der Waals surface area contributed by atoms with Gasteiger partial charge in [0.2, 0.25) is 0 Å². The lowest BCUT2D eigenvalue weighted by molar-refractivity contribution is 0.0693. The molecule has 226 valence electrons. The quantitative estimate of drug-likeness (QED) is 0.289. The van der Waals surface area contributed by atoms with E-state index in [2.05, 4.69) is 30.3 Å². The maximum atomic E-state index is 13.1. The lowest BCUT2D eigenvalue weighted by Crippen LogP contribution is -2.35. The smallest absolute Gasteiger partial charge is 0.339 e. The second-order valence-electron chi connectivity index (χ2n) is 10.7. The summed E-state index contributed by atoms with van der Waals surface area (Å²) in [6, 6.07) is 13.8. The van der Waals surface area contributed by atoms with Gasteiger partial charge in [-0.15, -0.1) is 0 Å². The molecule has 3 aromatic rings. The van der Waals surface area contributed by atoms with Gasteiger partial charge in [0.05, 0.1) is 17.6 Å². The molecule has 2 aromatic carbocycles. The van der Waals surface area contributed by atoms with Crippen LogP contribution in [0.2, 0.25) is 0 Å². The minimum Gasteiger partial charge on any atom is -0.478 e. The van der Waals surface area contributed by atoms with E-state index >= 15 is 0 Å². The number of allylic oxidation sites excluding steroid dienone is 1. The summed E-state index contributed by atoms with van der Waals surface area (Å²) in [6.07, 6.45) is 8.48.